The molecule has 0 radical (unpaired) electrons. The average molecular weight is 618 g/mol. The van der Waals surface area contributed by atoms with Gasteiger partial charge in [-0.05, 0) is 73.3 Å². The fourth-order valence-corrected chi connectivity index (χ4v) is 9.17. The van der Waals surface area contributed by atoms with E-state index in [1.54, 1.807) is 19.3 Å². The van der Waals surface area contributed by atoms with E-state index < -0.39 is 12.6 Å². The number of nitriles is 1. The summed E-state index contributed by atoms with van der Waals surface area (Å²) in [5, 5.41) is 19.3. The summed E-state index contributed by atoms with van der Waals surface area (Å²) in [5.41, 5.74) is 1.64. The maximum absolute atomic E-state index is 12.9. The molecule has 4 aliphatic heterocycles. The lowest BCUT2D eigenvalue weighted by Gasteiger charge is -2.46. The molecule has 8 nitrogen and oxygen atoms in total. The number of nitrogens with zero attached hydrogens (tertiary/aromatic N) is 4. The standard InChI is InChI=1S/C31H42F3N7OS/c1-18-21(3-4-28-26(18)11-24(14-35)41(28)15-20-9-23(10-20)38-19(2)42)16-40-7-5-22(6-8-40)39-29-27-12-25(13-31(32,33)34)43-30(27)37-17-36-29/h11-12,17-18,20-23,26,28,30,39H,3-10,13,15-16H2,1-2H3,(H,36,37)(H,38,42). The third-order valence-corrected chi connectivity index (χ3v) is 11.4. The summed E-state index contributed by atoms with van der Waals surface area (Å²) in [6.45, 7) is 7.88. The highest BCUT2D eigenvalue weighted by Gasteiger charge is 2.45. The summed E-state index contributed by atoms with van der Waals surface area (Å²) < 4.78 is 38.8. The lowest BCUT2D eigenvalue weighted by molar-refractivity contribution is -0.125. The minimum absolute atomic E-state index is 0.0317. The molecule has 4 heterocycles. The van der Waals surface area contributed by atoms with Crippen molar-refractivity contribution in [2.75, 3.05) is 26.2 Å². The van der Waals surface area contributed by atoms with Gasteiger partial charge in [-0.15, -0.1) is 0 Å². The van der Waals surface area contributed by atoms with Gasteiger partial charge >= 0.3 is 6.18 Å². The summed E-state index contributed by atoms with van der Waals surface area (Å²) >= 11 is 1.18. The summed E-state index contributed by atoms with van der Waals surface area (Å²) in [4.78, 5) is 20.9. The topological polar surface area (TPSA) is 95.8 Å². The summed E-state index contributed by atoms with van der Waals surface area (Å²) in [5.74, 6) is 2.84. The van der Waals surface area contributed by atoms with Crippen molar-refractivity contribution in [3.63, 3.8) is 0 Å². The number of thioether (sulfide) groups is 1. The molecule has 3 N–H and O–H groups in total. The van der Waals surface area contributed by atoms with Crippen molar-refractivity contribution in [3.8, 4) is 6.07 Å². The molecule has 12 heteroatoms. The highest BCUT2D eigenvalue weighted by molar-refractivity contribution is 8.04. The van der Waals surface area contributed by atoms with Crippen LogP contribution < -0.4 is 16.0 Å². The minimum Gasteiger partial charge on any atom is -0.368 e. The molecule has 2 aliphatic carbocycles. The van der Waals surface area contributed by atoms with Gasteiger partial charge in [-0.3, -0.25) is 9.79 Å². The second kappa shape index (κ2) is 12.4. The smallest absolute Gasteiger partial charge is 0.368 e. The second-order valence-electron chi connectivity index (χ2n) is 13.2. The Hall–Kier alpha value is -2.65. The first kappa shape index (κ1) is 30.4. The number of hydrogen-bond donors (Lipinski definition) is 3. The van der Waals surface area contributed by atoms with E-state index in [0.717, 1.165) is 81.8 Å². The lowest BCUT2D eigenvalue weighted by Crippen LogP contribution is -2.51. The van der Waals surface area contributed by atoms with Gasteiger partial charge < -0.3 is 25.8 Å². The summed E-state index contributed by atoms with van der Waals surface area (Å²) in [6, 6.07) is 3.42. The first-order valence-corrected chi connectivity index (χ1v) is 16.5. The Bertz CT molecular complexity index is 1240. The highest BCUT2D eigenvalue weighted by atomic mass is 32.2. The van der Waals surface area contributed by atoms with E-state index in [1.165, 1.54) is 11.8 Å². The third-order valence-electron chi connectivity index (χ3n) is 10.3. The van der Waals surface area contributed by atoms with E-state index in [0.29, 0.717) is 34.6 Å². The van der Waals surface area contributed by atoms with Crippen LogP contribution in [0.5, 0.6) is 0 Å². The van der Waals surface area contributed by atoms with Gasteiger partial charge in [0.2, 0.25) is 5.91 Å². The molecule has 0 bridgehead atoms. The molecule has 1 saturated heterocycles. The molecule has 5 atom stereocenters. The van der Waals surface area contributed by atoms with E-state index in [1.807, 2.05) is 0 Å². The minimum atomic E-state index is -4.22. The van der Waals surface area contributed by atoms with Crippen molar-refractivity contribution in [3.05, 3.63) is 34.1 Å². The molecular formula is C31H42F3N7OS. The second-order valence-corrected chi connectivity index (χ2v) is 14.4. The fourth-order valence-electron chi connectivity index (χ4n) is 8.00. The predicted molar refractivity (Wildman–Crippen MR) is 161 cm³/mol. The lowest BCUT2D eigenvalue weighted by atomic mass is 9.70. The van der Waals surface area contributed by atoms with Crippen LogP contribution in [-0.4, -0.2) is 77.9 Å². The van der Waals surface area contributed by atoms with Crippen LogP contribution in [0.3, 0.4) is 0 Å². The number of hydrogen-bond acceptors (Lipinski definition) is 8. The number of nitrogens with one attached hydrogen (secondary N) is 3. The number of carbonyl (C=O) groups excluding carboxylic acids is 1. The molecular weight excluding hydrogens is 575 g/mol. The van der Waals surface area contributed by atoms with Crippen molar-refractivity contribution < 1.29 is 18.0 Å². The van der Waals surface area contributed by atoms with Crippen LogP contribution >= 0.6 is 11.8 Å². The van der Waals surface area contributed by atoms with E-state index in [9.17, 15) is 23.2 Å². The SMILES string of the molecule is CC(=O)NC1CC(CN2C(C#N)=CC3C(C)C(CN4CCC(NC5=C6C=C(CC(F)(F)F)SC6N=CN5)CC4)CCC32)C1. The Morgan fingerprint density at radius 3 is 2.65 bits per heavy atom. The van der Waals surface area contributed by atoms with E-state index in [2.05, 4.69) is 49.8 Å². The Morgan fingerprint density at radius 2 is 1.95 bits per heavy atom. The van der Waals surface area contributed by atoms with Crippen molar-refractivity contribution in [1.82, 2.24) is 25.8 Å². The Kier molecular flexibility index (Phi) is 8.75. The summed E-state index contributed by atoms with van der Waals surface area (Å²) in [7, 11) is 0. The molecule has 43 heavy (non-hydrogen) atoms. The van der Waals surface area contributed by atoms with Crippen LogP contribution in [0.25, 0.3) is 0 Å². The highest BCUT2D eigenvalue weighted by Crippen LogP contribution is 2.46. The van der Waals surface area contributed by atoms with Gasteiger partial charge in [0.15, 0.2) is 0 Å². The summed E-state index contributed by atoms with van der Waals surface area (Å²) in [6.07, 6.45) is 6.55. The van der Waals surface area contributed by atoms with Crippen molar-refractivity contribution in [1.29, 1.82) is 5.26 Å². The monoisotopic (exact) mass is 617 g/mol. The Labute approximate surface area is 256 Å². The maximum Gasteiger partial charge on any atom is 0.393 e. The zero-order chi connectivity index (χ0) is 30.3. The number of alkyl halides is 3. The van der Waals surface area contributed by atoms with Gasteiger partial charge in [-0.25, -0.2) is 0 Å². The van der Waals surface area contributed by atoms with Crippen LogP contribution in [0, 0.1) is 35.0 Å². The molecule has 2 saturated carbocycles. The number of halogens is 3. The van der Waals surface area contributed by atoms with Crippen molar-refractivity contribution >= 4 is 24.0 Å². The average Bonchev–Trinajstić information content (AvgIpc) is 3.50. The van der Waals surface area contributed by atoms with E-state index in [4.69, 9.17) is 0 Å². The number of aliphatic imine (C=N–C) groups is 1. The van der Waals surface area contributed by atoms with E-state index >= 15 is 0 Å². The number of fused-ring (bicyclic) bond motifs is 2. The number of rotatable bonds is 8. The molecule has 5 unspecified atom stereocenters. The van der Waals surface area contributed by atoms with Crippen LogP contribution in [0.1, 0.15) is 58.8 Å². The zero-order valence-electron chi connectivity index (χ0n) is 24.9. The number of likely N-dealkylation sites (tertiary alicyclic amines) is 1. The molecule has 6 aliphatic rings. The molecule has 1 amide bonds. The third kappa shape index (κ3) is 6.88. The normalized spacial score (nSPS) is 34.4. The van der Waals surface area contributed by atoms with Crippen LogP contribution in [0.2, 0.25) is 0 Å². The first-order chi connectivity index (χ1) is 20.6. The zero-order valence-corrected chi connectivity index (χ0v) is 25.7. The molecule has 0 aromatic heterocycles. The molecule has 0 aromatic rings. The van der Waals surface area contributed by atoms with Crippen molar-refractivity contribution in [2.45, 2.75) is 88.5 Å². The van der Waals surface area contributed by atoms with Gasteiger partial charge in [0.25, 0.3) is 0 Å². The molecule has 0 spiro atoms. The van der Waals surface area contributed by atoms with Gasteiger partial charge in [0, 0.05) is 62.7 Å². The molecule has 234 valence electrons. The molecule has 3 fully saturated rings. The van der Waals surface area contributed by atoms with Crippen LogP contribution in [0.15, 0.2) is 39.1 Å². The first-order valence-electron chi connectivity index (χ1n) is 15.7. The molecule has 6 rings (SSSR count). The van der Waals surface area contributed by atoms with Crippen LogP contribution in [-0.2, 0) is 4.79 Å². The maximum atomic E-state index is 12.9. The van der Waals surface area contributed by atoms with Crippen molar-refractivity contribution in [2.24, 2.45) is 28.7 Å². The van der Waals surface area contributed by atoms with Crippen LogP contribution in [0.4, 0.5) is 13.2 Å². The van der Waals surface area contributed by atoms with Gasteiger partial charge in [0.1, 0.15) is 23.0 Å². The van der Waals surface area contributed by atoms with Gasteiger partial charge in [-0.1, -0.05) is 18.7 Å². The Balaban J connectivity index is 0.986. The number of carbonyl (C=O) groups is 1. The predicted octanol–water partition coefficient (Wildman–Crippen LogP) is 4.46. The number of piperidine rings is 1. The number of amides is 1. The fraction of sp³-hybridized carbons (Fsp3) is 0.710. The Morgan fingerprint density at radius 1 is 1.19 bits per heavy atom. The van der Waals surface area contributed by atoms with E-state index in [-0.39, 0.29) is 23.4 Å². The number of allylic oxidation sites excluding steroid dienone is 2. The molecule has 0 aromatic carbocycles. The van der Waals surface area contributed by atoms with Gasteiger partial charge in [0.05, 0.1) is 12.8 Å². The largest absolute Gasteiger partial charge is 0.393 e. The van der Waals surface area contributed by atoms with Gasteiger partial charge in [-0.2, -0.15) is 18.4 Å². The quantitative estimate of drug-likeness (QED) is 0.370.